The van der Waals surface area contributed by atoms with Gasteiger partial charge < -0.3 is 14.0 Å². The first-order chi connectivity index (χ1) is 28.3. The number of aromatic nitrogens is 2. The molecule has 57 heavy (non-hydrogen) atoms. The molecule has 0 bridgehead atoms. The van der Waals surface area contributed by atoms with Gasteiger partial charge in [-0.25, -0.2) is 0 Å². The van der Waals surface area contributed by atoms with E-state index in [1.165, 1.54) is 65.9 Å². The van der Waals surface area contributed by atoms with Crippen molar-refractivity contribution in [3.8, 4) is 33.8 Å². The summed E-state index contributed by atoms with van der Waals surface area (Å²) in [5, 5.41) is 6.10. The molecule has 0 saturated heterocycles. The lowest BCUT2D eigenvalue weighted by atomic mass is 9.98. The van der Waals surface area contributed by atoms with Gasteiger partial charge in [-0.3, -0.25) is 0 Å². The minimum atomic E-state index is 1.09. The third-order valence-electron chi connectivity index (χ3n) is 11.3. The van der Waals surface area contributed by atoms with Gasteiger partial charge in [0.2, 0.25) is 0 Å². The summed E-state index contributed by atoms with van der Waals surface area (Å²) < 4.78 is 4.97. The van der Waals surface area contributed by atoms with Crippen LogP contribution in [-0.4, -0.2) is 9.13 Å². The van der Waals surface area contributed by atoms with Crippen LogP contribution in [0.25, 0.3) is 77.2 Å². The fraction of sp³-hybridized carbons (Fsp3) is 0. The van der Waals surface area contributed by atoms with Crippen LogP contribution in [-0.2, 0) is 0 Å². The molecule has 3 heteroatoms. The molecule has 0 radical (unpaired) electrons. The molecule has 0 aliphatic rings. The third-order valence-corrected chi connectivity index (χ3v) is 11.3. The van der Waals surface area contributed by atoms with Crippen LogP contribution in [0.1, 0.15) is 0 Å². The van der Waals surface area contributed by atoms with Gasteiger partial charge in [0.05, 0.1) is 22.2 Å². The zero-order valence-electron chi connectivity index (χ0n) is 31.2. The number of rotatable bonds is 7. The molecule has 0 amide bonds. The van der Waals surface area contributed by atoms with Crippen molar-refractivity contribution in [2.45, 2.75) is 0 Å². The second-order valence-corrected chi connectivity index (χ2v) is 14.6. The molecule has 0 unspecified atom stereocenters. The van der Waals surface area contributed by atoms with Crippen LogP contribution in [0.5, 0.6) is 0 Å². The zero-order valence-corrected chi connectivity index (χ0v) is 31.2. The molecular weight excluding hydrogens is 691 g/mol. The first-order valence-electron chi connectivity index (χ1n) is 19.5. The Kier molecular flexibility index (Phi) is 7.82. The van der Waals surface area contributed by atoms with Gasteiger partial charge in [0.15, 0.2) is 0 Å². The number of benzene rings is 9. The fourth-order valence-corrected chi connectivity index (χ4v) is 8.78. The maximum atomic E-state index is 2.50. The van der Waals surface area contributed by atoms with Gasteiger partial charge in [0.1, 0.15) is 0 Å². The highest BCUT2D eigenvalue weighted by atomic mass is 15.1. The topological polar surface area (TPSA) is 13.1 Å². The number of hydrogen-bond acceptors (Lipinski definition) is 1. The lowest BCUT2D eigenvalue weighted by molar-refractivity contribution is 1.12. The molecule has 0 aliphatic carbocycles. The van der Waals surface area contributed by atoms with Crippen LogP contribution in [0.15, 0.2) is 224 Å². The Balaban J connectivity index is 1.20. The van der Waals surface area contributed by atoms with Crippen molar-refractivity contribution >= 4 is 60.5 Å². The van der Waals surface area contributed by atoms with E-state index >= 15 is 0 Å². The van der Waals surface area contributed by atoms with E-state index in [-0.39, 0.29) is 0 Å². The van der Waals surface area contributed by atoms with Crippen LogP contribution in [0.3, 0.4) is 0 Å². The highest BCUT2D eigenvalue weighted by Crippen LogP contribution is 2.47. The Bertz CT molecular complexity index is 3200. The molecule has 0 fully saturated rings. The highest BCUT2D eigenvalue weighted by molar-refractivity contribution is 6.22. The Hall–Kier alpha value is -7.62. The number of fused-ring (bicyclic) bond motifs is 6. The summed E-state index contributed by atoms with van der Waals surface area (Å²) >= 11 is 0. The molecule has 0 N–H and O–H groups in total. The molecule has 0 saturated carbocycles. The zero-order chi connectivity index (χ0) is 37.7. The molecule has 11 aromatic rings. The molecule has 2 heterocycles. The lowest BCUT2D eigenvalue weighted by Crippen LogP contribution is -2.10. The van der Waals surface area contributed by atoms with Crippen molar-refractivity contribution in [1.29, 1.82) is 0 Å². The summed E-state index contributed by atoms with van der Waals surface area (Å²) in [6, 6.07) is 81.1. The van der Waals surface area contributed by atoms with Gasteiger partial charge in [-0.05, 0) is 88.6 Å². The summed E-state index contributed by atoms with van der Waals surface area (Å²) in [5.41, 5.74) is 13.9. The first kappa shape index (κ1) is 32.8. The normalized spacial score (nSPS) is 11.5. The number of hydrogen-bond donors (Lipinski definition) is 0. The van der Waals surface area contributed by atoms with E-state index in [1.807, 2.05) is 0 Å². The second kappa shape index (κ2) is 13.6. The summed E-state index contributed by atoms with van der Waals surface area (Å²) in [6.45, 7) is 0. The quantitative estimate of drug-likeness (QED) is 0.159. The monoisotopic (exact) mass is 727 g/mol. The summed E-state index contributed by atoms with van der Waals surface area (Å²) in [5.74, 6) is 0. The average Bonchev–Trinajstić information content (AvgIpc) is 3.82. The van der Waals surface area contributed by atoms with Crippen molar-refractivity contribution in [3.05, 3.63) is 224 Å². The molecule has 268 valence electrons. The molecule has 0 aliphatic heterocycles. The van der Waals surface area contributed by atoms with Crippen LogP contribution in [0.4, 0.5) is 17.1 Å². The van der Waals surface area contributed by atoms with E-state index < -0.39 is 0 Å². The van der Waals surface area contributed by atoms with Crippen molar-refractivity contribution in [3.63, 3.8) is 0 Å². The molecule has 9 aromatic carbocycles. The third kappa shape index (κ3) is 5.43. The van der Waals surface area contributed by atoms with Crippen LogP contribution < -0.4 is 4.90 Å². The first-order valence-corrected chi connectivity index (χ1v) is 19.5. The van der Waals surface area contributed by atoms with Crippen LogP contribution >= 0.6 is 0 Å². The molecule has 0 atom stereocenters. The van der Waals surface area contributed by atoms with E-state index in [0.29, 0.717) is 0 Å². The van der Waals surface area contributed by atoms with Crippen molar-refractivity contribution < 1.29 is 0 Å². The Labute approximate surface area is 331 Å². The molecule has 2 aromatic heterocycles. The van der Waals surface area contributed by atoms with Crippen molar-refractivity contribution in [2.75, 3.05) is 4.90 Å². The minimum Gasteiger partial charge on any atom is -0.310 e. The van der Waals surface area contributed by atoms with E-state index in [1.54, 1.807) is 0 Å². The van der Waals surface area contributed by atoms with E-state index in [9.17, 15) is 0 Å². The Morgan fingerprint density at radius 3 is 1.58 bits per heavy atom. The SMILES string of the molecule is c1ccc(-c2c(-c3ccccc3)n(-c3ccccc3)c3c2ccc2c4ccccc4n(-c4ccc(N(c5ccccc5)c5ccc6ccccc6c5)cc4)c23)cc1. The van der Waals surface area contributed by atoms with E-state index in [2.05, 4.69) is 238 Å². The molecule has 3 nitrogen and oxygen atoms in total. The van der Waals surface area contributed by atoms with Gasteiger partial charge in [-0.1, -0.05) is 158 Å². The fourth-order valence-electron chi connectivity index (χ4n) is 8.78. The standard InChI is InChI=1S/C54H37N3/c1-5-18-39(19-6-1)51-49-36-35-48-47-27-15-16-28-50(47)56(53(48)54(49)57(43-25-11-4-12-26-43)52(51)40-20-7-2-8-21-40)45-33-31-44(32-34-45)55(42-23-9-3-10-24-42)46-30-29-38-17-13-14-22-41(38)37-46/h1-37H. The average molecular weight is 728 g/mol. The highest BCUT2D eigenvalue weighted by Gasteiger charge is 2.26. The number of nitrogens with zero attached hydrogens (tertiary/aromatic N) is 3. The largest absolute Gasteiger partial charge is 0.310 e. The van der Waals surface area contributed by atoms with Gasteiger partial charge >= 0.3 is 0 Å². The van der Waals surface area contributed by atoms with Gasteiger partial charge in [0, 0.05) is 50.2 Å². The van der Waals surface area contributed by atoms with Gasteiger partial charge in [-0.15, -0.1) is 0 Å². The second-order valence-electron chi connectivity index (χ2n) is 14.6. The number of para-hydroxylation sites is 3. The summed E-state index contributed by atoms with van der Waals surface area (Å²) in [4.78, 5) is 2.35. The van der Waals surface area contributed by atoms with Crippen LogP contribution in [0.2, 0.25) is 0 Å². The molecule has 11 rings (SSSR count). The maximum Gasteiger partial charge on any atom is 0.0789 e. The number of anilines is 3. The predicted molar refractivity (Wildman–Crippen MR) is 241 cm³/mol. The van der Waals surface area contributed by atoms with E-state index in [4.69, 9.17) is 0 Å². The summed E-state index contributed by atoms with van der Waals surface area (Å²) in [6.07, 6.45) is 0. The minimum absolute atomic E-state index is 1.09. The van der Waals surface area contributed by atoms with Crippen LogP contribution in [0, 0.1) is 0 Å². The Morgan fingerprint density at radius 1 is 0.316 bits per heavy atom. The molecule has 0 spiro atoms. The van der Waals surface area contributed by atoms with Gasteiger partial charge in [-0.2, -0.15) is 0 Å². The lowest BCUT2D eigenvalue weighted by Gasteiger charge is -2.26. The predicted octanol–water partition coefficient (Wildman–Crippen LogP) is 14.7. The summed E-state index contributed by atoms with van der Waals surface area (Å²) in [7, 11) is 0. The van der Waals surface area contributed by atoms with E-state index in [0.717, 1.165) is 28.4 Å². The van der Waals surface area contributed by atoms with Crippen molar-refractivity contribution in [1.82, 2.24) is 9.13 Å². The van der Waals surface area contributed by atoms with Crippen molar-refractivity contribution in [2.24, 2.45) is 0 Å². The smallest absolute Gasteiger partial charge is 0.0789 e. The Morgan fingerprint density at radius 2 is 0.842 bits per heavy atom. The maximum absolute atomic E-state index is 2.50. The van der Waals surface area contributed by atoms with Gasteiger partial charge in [0.25, 0.3) is 0 Å². The molecular formula is C54H37N3.